The highest BCUT2D eigenvalue weighted by Gasteiger charge is 2.34. The van der Waals surface area contributed by atoms with Gasteiger partial charge < -0.3 is 9.47 Å². The molecule has 0 radical (unpaired) electrons. The topological polar surface area (TPSA) is 55.8 Å². The first-order chi connectivity index (χ1) is 13.9. The van der Waals surface area contributed by atoms with Crippen molar-refractivity contribution < 1.29 is 19.1 Å². The molecule has 1 aliphatic rings. The lowest BCUT2D eigenvalue weighted by Crippen LogP contribution is -2.31. The summed E-state index contributed by atoms with van der Waals surface area (Å²) in [5.41, 5.74) is 1.64. The number of hydrogen-bond donors (Lipinski definition) is 0. The van der Waals surface area contributed by atoms with Gasteiger partial charge in [-0.2, -0.15) is 0 Å². The molecule has 5 nitrogen and oxygen atoms in total. The molecule has 0 N–H and O–H groups in total. The van der Waals surface area contributed by atoms with Crippen molar-refractivity contribution in [3.63, 3.8) is 0 Å². The molecule has 1 heterocycles. The van der Waals surface area contributed by atoms with E-state index in [9.17, 15) is 9.59 Å². The molecule has 29 heavy (non-hydrogen) atoms. The molecular formula is C20H16Cl2INO4S. The predicted octanol–water partition coefficient (Wildman–Crippen LogP) is 5.86. The maximum Gasteiger partial charge on any atom is 0.293 e. The van der Waals surface area contributed by atoms with Crippen LogP contribution < -0.4 is 4.74 Å². The smallest absolute Gasteiger partial charge is 0.293 e. The quantitative estimate of drug-likeness (QED) is 0.312. The van der Waals surface area contributed by atoms with Gasteiger partial charge in [-0.05, 0) is 70.3 Å². The first-order valence-corrected chi connectivity index (χ1v) is 11.1. The van der Waals surface area contributed by atoms with Gasteiger partial charge in [-0.3, -0.25) is 14.5 Å². The van der Waals surface area contributed by atoms with E-state index in [0.717, 1.165) is 26.5 Å². The van der Waals surface area contributed by atoms with Crippen molar-refractivity contribution in [2.24, 2.45) is 0 Å². The Morgan fingerprint density at radius 3 is 2.66 bits per heavy atom. The van der Waals surface area contributed by atoms with Gasteiger partial charge in [0.15, 0.2) is 0 Å². The number of ether oxygens (including phenoxy) is 2. The van der Waals surface area contributed by atoms with Crippen molar-refractivity contribution >= 4 is 74.8 Å². The zero-order valence-corrected chi connectivity index (χ0v) is 19.8. The number of halogens is 3. The van der Waals surface area contributed by atoms with Crippen LogP contribution in [0.4, 0.5) is 4.79 Å². The summed E-state index contributed by atoms with van der Waals surface area (Å²) < 4.78 is 11.7. The predicted molar refractivity (Wildman–Crippen MR) is 125 cm³/mol. The molecule has 2 aromatic rings. The fourth-order valence-corrected chi connectivity index (χ4v) is 4.57. The summed E-state index contributed by atoms with van der Waals surface area (Å²) in [5.74, 6) is 0.395. The number of nitrogens with zero attached hydrogens (tertiary/aromatic N) is 1. The Hall–Kier alpha value is -1.26. The third kappa shape index (κ3) is 5.67. The molecule has 1 saturated heterocycles. The van der Waals surface area contributed by atoms with Crippen LogP contribution in [0, 0.1) is 3.57 Å². The largest absolute Gasteiger partial charge is 0.488 e. The summed E-state index contributed by atoms with van der Waals surface area (Å²) in [5, 5.41) is 0.838. The van der Waals surface area contributed by atoms with Crippen molar-refractivity contribution in [1.82, 2.24) is 4.90 Å². The SMILES string of the molecule is COCCN1C(=O)S/C(=C/c2ccc(OCc3ccc(Cl)cc3Cl)c(I)c2)C1=O. The Balaban J connectivity index is 1.70. The fourth-order valence-electron chi connectivity index (χ4n) is 2.54. The molecule has 0 atom stereocenters. The Morgan fingerprint density at radius 2 is 1.97 bits per heavy atom. The standard InChI is InChI=1S/C20H16Cl2INO4S/c1-27-7-6-24-19(25)18(29-20(24)26)9-12-2-5-17(16(23)8-12)28-11-13-3-4-14(21)10-15(13)22/h2-5,8-10H,6-7,11H2,1H3/b18-9+. The van der Waals surface area contributed by atoms with E-state index in [2.05, 4.69) is 22.6 Å². The van der Waals surface area contributed by atoms with E-state index in [1.165, 1.54) is 12.0 Å². The van der Waals surface area contributed by atoms with Gasteiger partial charge in [-0.25, -0.2) is 0 Å². The molecule has 3 rings (SSSR count). The number of hydrogen-bond acceptors (Lipinski definition) is 5. The molecule has 9 heteroatoms. The second kappa shape index (κ2) is 10.2. The van der Waals surface area contributed by atoms with Crippen molar-refractivity contribution in [3.8, 4) is 5.75 Å². The number of carbonyl (C=O) groups excluding carboxylic acids is 2. The lowest BCUT2D eigenvalue weighted by atomic mass is 10.2. The van der Waals surface area contributed by atoms with Crippen molar-refractivity contribution in [2.45, 2.75) is 6.61 Å². The Kier molecular flexibility index (Phi) is 7.86. The first-order valence-electron chi connectivity index (χ1n) is 8.49. The molecule has 1 aliphatic heterocycles. The number of benzene rings is 2. The van der Waals surface area contributed by atoms with Gasteiger partial charge in [-0.1, -0.05) is 35.3 Å². The van der Waals surface area contributed by atoms with Crippen LogP contribution in [0.1, 0.15) is 11.1 Å². The van der Waals surface area contributed by atoms with Gasteiger partial charge in [0.05, 0.1) is 21.6 Å². The van der Waals surface area contributed by atoms with Crippen LogP contribution in [0.5, 0.6) is 5.75 Å². The lowest BCUT2D eigenvalue weighted by molar-refractivity contribution is -0.123. The van der Waals surface area contributed by atoms with Gasteiger partial charge in [0.1, 0.15) is 12.4 Å². The minimum atomic E-state index is -0.301. The average molecular weight is 564 g/mol. The normalized spacial score (nSPS) is 15.4. The van der Waals surface area contributed by atoms with Crippen molar-refractivity contribution in [2.75, 3.05) is 20.3 Å². The number of methoxy groups -OCH3 is 1. The summed E-state index contributed by atoms with van der Waals surface area (Å²) in [7, 11) is 1.53. The molecule has 0 saturated carbocycles. The fraction of sp³-hybridized carbons (Fsp3) is 0.200. The summed E-state index contributed by atoms with van der Waals surface area (Å²) in [4.78, 5) is 26.0. The molecule has 2 amide bonds. The number of amides is 2. The number of imide groups is 1. The molecule has 0 bridgehead atoms. The van der Waals surface area contributed by atoms with Crippen LogP contribution in [0.15, 0.2) is 41.3 Å². The molecular weight excluding hydrogens is 548 g/mol. The highest BCUT2D eigenvalue weighted by atomic mass is 127. The summed E-state index contributed by atoms with van der Waals surface area (Å²) in [6.45, 7) is 0.868. The van der Waals surface area contributed by atoms with E-state index in [4.69, 9.17) is 32.7 Å². The van der Waals surface area contributed by atoms with Crippen LogP contribution in [0.3, 0.4) is 0 Å². The minimum absolute atomic E-state index is 0.246. The summed E-state index contributed by atoms with van der Waals surface area (Å²) in [6, 6.07) is 10.8. The van der Waals surface area contributed by atoms with E-state index in [0.29, 0.717) is 33.9 Å². The number of thioether (sulfide) groups is 1. The molecule has 0 aromatic heterocycles. The average Bonchev–Trinajstić information content (AvgIpc) is 2.93. The van der Waals surface area contributed by atoms with Crippen LogP contribution in [0.2, 0.25) is 10.0 Å². The Bertz CT molecular complexity index is 983. The van der Waals surface area contributed by atoms with E-state index < -0.39 is 0 Å². The van der Waals surface area contributed by atoms with E-state index in [1.54, 1.807) is 18.2 Å². The van der Waals surface area contributed by atoms with E-state index >= 15 is 0 Å². The maximum atomic E-state index is 12.4. The zero-order chi connectivity index (χ0) is 21.0. The Morgan fingerprint density at radius 1 is 1.17 bits per heavy atom. The molecule has 0 aliphatic carbocycles. The van der Waals surface area contributed by atoms with Gasteiger partial charge in [-0.15, -0.1) is 0 Å². The third-order valence-electron chi connectivity index (χ3n) is 4.04. The monoisotopic (exact) mass is 563 g/mol. The van der Waals surface area contributed by atoms with Crippen LogP contribution in [0.25, 0.3) is 6.08 Å². The number of carbonyl (C=O) groups is 2. The summed E-state index contributed by atoms with van der Waals surface area (Å²) in [6.07, 6.45) is 1.71. The minimum Gasteiger partial charge on any atom is -0.488 e. The second-order valence-electron chi connectivity index (χ2n) is 6.04. The highest BCUT2D eigenvalue weighted by molar-refractivity contribution is 14.1. The molecule has 152 valence electrons. The second-order valence-corrected chi connectivity index (χ2v) is 9.04. The first kappa shape index (κ1) is 22.4. The van der Waals surface area contributed by atoms with Crippen molar-refractivity contribution in [3.05, 3.63) is 66.0 Å². The zero-order valence-electron chi connectivity index (χ0n) is 15.3. The Labute approximate surface area is 196 Å². The van der Waals surface area contributed by atoms with Crippen molar-refractivity contribution in [1.29, 1.82) is 0 Å². The molecule has 0 unspecified atom stereocenters. The molecule has 0 spiro atoms. The van der Waals surface area contributed by atoms with Gasteiger partial charge in [0.25, 0.3) is 11.1 Å². The van der Waals surface area contributed by atoms with Crippen LogP contribution in [-0.2, 0) is 16.1 Å². The molecule has 1 fully saturated rings. The lowest BCUT2D eigenvalue weighted by Gasteiger charge is -2.11. The van der Waals surface area contributed by atoms with E-state index in [-0.39, 0.29) is 17.7 Å². The van der Waals surface area contributed by atoms with Crippen LogP contribution in [-0.4, -0.2) is 36.3 Å². The van der Waals surface area contributed by atoms with Gasteiger partial charge in [0, 0.05) is 22.7 Å². The van der Waals surface area contributed by atoms with Gasteiger partial charge >= 0.3 is 0 Å². The highest BCUT2D eigenvalue weighted by Crippen LogP contribution is 2.33. The third-order valence-corrected chi connectivity index (χ3v) is 6.38. The van der Waals surface area contributed by atoms with Gasteiger partial charge in [0.2, 0.25) is 0 Å². The maximum absolute atomic E-state index is 12.4. The molecule has 2 aromatic carbocycles. The number of rotatable bonds is 7. The summed E-state index contributed by atoms with van der Waals surface area (Å²) >= 11 is 15.2. The van der Waals surface area contributed by atoms with E-state index in [1.807, 2.05) is 24.3 Å². The van der Waals surface area contributed by atoms with Crippen LogP contribution >= 0.6 is 57.6 Å².